The summed E-state index contributed by atoms with van der Waals surface area (Å²) in [4.78, 5) is 0. The van der Waals surface area contributed by atoms with Crippen molar-refractivity contribution in [2.45, 2.75) is 6.42 Å². The van der Waals surface area contributed by atoms with Crippen LogP contribution in [-0.4, -0.2) is 0 Å². The molecule has 0 atom stereocenters. The van der Waals surface area contributed by atoms with Gasteiger partial charge in [0.05, 0.1) is 0 Å². The Bertz CT molecular complexity index is 474. The van der Waals surface area contributed by atoms with Crippen molar-refractivity contribution in [3.63, 3.8) is 0 Å². The lowest BCUT2D eigenvalue weighted by Gasteiger charge is -2.04. The molecule has 0 heteroatoms. The predicted molar refractivity (Wildman–Crippen MR) is 62.5 cm³/mol. The van der Waals surface area contributed by atoms with Gasteiger partial charge in [-0.25, -0.2) is 0 Å². The Kier molecular flexibility index (Phi) is 1.92. The van der Waals surface area contributed by atoms with Gasteiger partial charge in [-0.05, 0) is 40.8 Å². The molecule has 71 valence electrons. The highest BCUT2D eigenvalue weighted by Gasteiger charge is 2.07. The van der Waals surface area contributed by atoms with Gasteiger partial charge in [0, 0.05) is 0 Å². The Morgan fingerprint density at radius 1 is 0.800 bits per heavy atom. The first-order valence-corrected chi connectivity index (χ1v) is 5.19. The van der Waals surface area contributed by atoms with Gasteiger partial charge in [-0.3, -0.25) is 0 Å². The van der Waals surface area contributed by atoms with Crippen LogP contribution < -0.4 is 0 Å². The van der Waals surface area contributed by atoms with Crippen molar-refractivity contribution in [1.29, 1.82) is 0 Å². The van der Waals surface area contributed by atoms with E-state index >= 15 is 0 Å². The fraction of sp³-hybridized carbons (Fsp3) is 0.0667. The van der Waals surface area contributed by atoms with Gasteiger partial charge in [0.25, 0.3) is 0 Å². The number of benzene rings is 2. The van der Waals surface area contributed by atoms with Crippen LogP contribution in [0.4, 0.5) is 0 Å². The van der Waals surface area contributed by atoms with Crippen molar-refractivity contribution in [3.05, 3.63) is 76.9 Å². The monoisotopic (exact) mass is 191 g/mol. The van der Waals surface area contributed by atoms with E-state index in [9.17, 15) is 0 Å². The largest absolute Gasteiger partial charge is 0.0619 e. The van der Waals surface area contributed by atoms with E-state index < -0.39 is 0 Å². The molecule has 15 heavy (non-hydrogen) atoms. The lowest BCUT2D eigenvalue weighted by atomic mass is 10.0. The van der Waals surface area contributed by atoms with Crippen molar-refractivity contribution in [2.75, 3.05) is 0 Å². The smallest absolute Gasteiger partial charge is 0.00137 e. The number of fused-ring (bicyclic) bond motifs is 2. The molecule has 1 aliphatic rings. The van der Waals surface area contributed by atoms with Crippen LogP contribution in [0.1, 0.15) is 22.3 Å². The molecule has 2 aromatic carbocycles. The first-order valence-electron chi connectivity index (χ1n) is 5.19. The van der Waals surface area contributed by atoms with Gasteiger partial charge >= 0.3 is 0 Å². The fourth-order valence-corrected chi connectivity index (χ4v) is 2.01. The first kappa shape index (κ1) is 8.49. The summed E-state index contributed by atoms with van der Waals surface area (Å²) < 4.78 is 0. The molecule has 1 radical (unpaired) electrons. The summed E-state index contributed by atoms with van der Waals surface area (Å²) in [5.74, 6) is 0. The topological polar surface area (TPSA) is 0 Å². The van der Waals surface area contributed by atoms with Gasteiger partial charge in [0.2, 0.25) is 0 Å². The SMILES string of the molecule is [C]1=Cc2ccccc2Cc2ccccc21. The molecule has 0 amide bonds. The quantitative estimate of drug-likeness (QED) is 0.510. The molecule has 0 fully saturated rings. The van der Waals surface area contributed by atoms with Crippen LogP contribution in [-0.2, 0) is 6.42 Å². The second-order valence-corrected chi connectivity index (χ2v) is 3.82. The van der Waals surface area contributed by atoms with Gasteiger partial charge in [-0.1, -0.05) is 48.5 Å². The molecule has 0 spiro atoms. The summed E-state index contributed by atoms with van der Waals surface area (Å²) in [5.41, 5.74) is 5.25. The van der Waals surface area contributed by atoms with E-state index in [1.165, 1.54) is 22.3 Å². The van der Waals surface area contributed by atoms with Crippen molar-refractivity contribution in [2.24, 2.45) is 0 Å². The maximum Gasteiger partial charge on any atom is -0.00137 e. The van der Waals surface area contributed by atoms with Gasteiger partial charge in [0.1, 0.15) is 0 Å². The molecule has 0 aromatic heterocycles. The summed E-state index contributed by atoms with van der Waals surface area (Å²) in [6.45, 7) is 0. The highest BCUT2D eigenvalue weighted by atomic mass is 14.1. The summed E-state index contributed by atoms with van der Waals surface area (Å²) in [5, 5.41) is 0. The van der Waals surface area contributed by atoms with E-state index in [4.69, 9.17) is 0 Å². The molecule has 0 heterocycles. The van der Waals surface area contributed by atoms with E-state index in [0.29, 0.717) is 0 Å². The summed E-state index contributed by atoms with van der Waals surface area (Å²) in [6.07, 6.45) is 6.45. The Labute approximate surface area is 89.9 Å². The van der Waals surface area contributed by atoms with Crippen LogP contribution in [0.25, 0.3) is 6.08 Å². The predicted octanol–water partition coefficient (Wildman–Crippen LogP) is 3.46. The van der Waals surface area contributed by atoms with Gasteiger partial charge in [0.15, 0.2) is 0 Å². The molecule has 0 nitrogen and oxygen atoms in total. The van der Waals surface area contributed by atoms with Crippen LogP contribution in [0.15, 0.2) is 48.5 Å². The average molecular weight is 191 g/mol. The molecular formula is C15H11. The highest BCUT2D eigenvalue weighted by Crippen LogP contribution is 2.22. The average Bonchev–Trinajstić information content (AvgIpc) is 2.48. The zero-order valence-corrected chi connectivity index (χ0v) is 8.40. The highest BCUT2D eigenvalue weighted by molar-refractivity contribution is 5.59. The third-order valence-corrected chi connectivity index (χ3v) is 2.84. The van der Waals surface area contributed by atoms with Crippen molar-refractivity contribution < 1.29 is 0 Å². The van der Waals surface area contributed by atoms with Crippen molar-refractivity contribution in [3.8, 4) is 0 Å². The Hall–Kier alpha value is -1.82. The van der Waals surface area contributed by atoms with Crippen molar-refractivity contribution in [1.82, 2.24) is 0 Å². The molecule has 0 saturated carbocycles. The number of rotatable bonds is 0. The lowest BCUT2D eigenvalue weighted by Crippen LogP contribution is -1.91. The van der Waals surface area contributed by atoms with E-state index in [1.807, 2.05) is 0 Å². The van der Waals surface area contributed by atoms with Crippen molar-refractivity contribution >= 4 is 6.08 Å². The maximum absolute atomic E-state index is 3.36. The zero-order valence-electron chi connectivity index (χ0n) is 8.40. The maximum atomic E-state index is 3.36. The minimum Gasteiger partial charge on any atom is -0.0619 e. The van der Waals surface area contributed by atoms with Crippen LogP contribution >= 0.6 is 0 Å². The molecular weight excluding hydrogens is 180 g/mol. The minimum absolute atomic E-state index is 1.01. The van der Waals surface area contributed by atoms with Crippen LogP contribution in [0.5, 0.6) is 0 Å². The molecule has 0 unspecified atom stereocenters. The first-order chi connectivity index (χ1) is 7.43. The second kappa shape index (κ2) is 3.39. The van der Waals surface area contributed by atoms with Crippen LogP contribution in [0.3, 0.4) is 0 Å². The number of hydrogen-bond donors (Lipinski definition) is 0. The summed E-state index contributed by atoms with van der Waals surface area (Å²) in [6, 6.07) is 17.0. The lowest BCUT2D eigenvalue weighted by molar-refractivity contribution is 1.18. The minimum atomic E-state index is 1.01. The second-order valence-electron chi connectivity index (χ2n) is 3.82. The molecule has 2 aromatic rings. The molecule has 3 rings (SSSR count). The van der Waals surface area contributed by atoms with E-state index in [-0.39, 0.29) is 0 Å². The van der Waals surface area contributed by atoms with Crippen LogP contribution in [0.2, 0.25) is 0 Å². The number of hydrogen-bond acceptors (Lipinski definition) is 0. The van der Waals surface area contributed by atoms with Gasteiger partial charge in [-0.15, -0.1) is 0 Å². The third-order valence-electron chi connectivity index (χ3n) is 2.84. The molecule has 1 aliphatic carbocycles. The third kappa shape index (κ3) is 1.48. The van der Waals surface area contributed by atoms with Crippen LogP contribution in [0, 0.1) is 6.08 Å². The Morgan fingerprint density at radius 3 is 2.47 bits per heavy atom. The summed E-state index contributed by atoms with van der Waals surface area (Å²) in [7, 11) is 0. The Balaban J connectivity index is 2.19. The molecule has 0 N–H and O–H groups in total. The standard InChI is InChI=1S/C15H11/c1-3-7-14-11-15-8-4-2-6-13(15)10-9-12(14)5-1/h1-9H,11H2. The molecule has 0 saturated heterocycles. The van der Waals surface area contributed by atoms with Gasteiger partial charge in [-0.2, -0.15) is 0 Å². The normalized spacial score (nSPS) is 12.8. The summed E-state index contributed by atoms with van der Waals surface area (Å²) >= 11 is 0. The zero-order chi connectivity index (χ0) is 10.1. The van der Waals surface area contributed by atoms with E-state index in [1.54, 1.807) is 0 Å². The Morgan fingerprint density at radius 2 is 1.53 bits per heavy atom. The molecule has 0 bridgehead atoms. The van der Waals surface area contributed by atoms with E-state index in [2.05, 4.69) is 60.7 Å². The van der Waals surface area contributed by atoms with Gasteiger partial charge < -0.3 is 0 Å². The van der Waals surface area contributed by atoms with E-state index in [0.717, 1.165) is 6.42 Å². The fourth-order valence-electron chi connectivity index (χ4n) is 2.01. The molecule has 0 aliphatic heterocycles.